The third-order valence-corrected chi connectivity index (χ3v) is 4.19. The first-order chi connectivity index (χ1) is 12.1. The standard InChI is InChI=1S/C19H16N2O4/c1-21(10-12-6-7-16-17(8-12)25-11-24-16)19(23)15-9-13-4-2-3-5-14(13)18(22)20-15/h2-9H,10-11H2,1H3,(H,20,22). The Morgan fingerprint density at radius 2 is 1.92 bits per heavy atom. The van der Waals surface area contributed by atoms with Gasteiger partial charge in [-0.15, -0.1) is 0 Å². The topological polar surface area (TPSA) is 71.6 Å². The highest BCUT2D eigenvalue weighted by atomic mass is 16.7. The maximum atomic E-state index is 12.7. The van der Waals surface area contributed by atoms with Gasteiger partial charge in [-0.2, -0.15) is 0 Å². The molecule has 2 heterocycles. The molecular formula is C19H16N2O4. The smallest absolute Gasteiger partial charge is 0.270 e. The molecule has 0 unspecified atom stereocenters. The summed E-state index contributed by atoms with van der Waals surface area (Å²) in [6.45, 7) is 0.607. The van der Waals surface area contributed by atoms with Crippen molar-refractivity contribution in [3.63, 3.8) is 0 Å². The summed E-state index contributed by atoms with van der Waals surface area (Å²) in [4.78, 5) is 29.1. The summed E-state index contributed by atoms with van der Waals surface area (Å²) in [6, 6.07) is 14.5. The molecule has 6 heteroatoms. The minimum atomic E-state index is -0.266. The minimum absolute atomic E-state index is 0.214. The Morgan fingerprint density at radius 1 is 1.12 bits per heavy atom. The molecule has 0 saturated carbocycles. The number of hydrogen-bond acceptors (Lipinski definition) is 4. The average molecular weight is 336 g/mol. The van der Waals surface area contributed by atoms with Gasteiger partial charge < -0.3 is 19.4 Å². The summed E-state index contributed by atoms with van der Waals surface area (Å²) in [6.07, 6.45) is 0. The monoisotopic (exact) mass is 336 g/mol. The molecule has 0 spiro atoms. The number of aromatic nitrogens is 1. The van der Waals surface area contributed by atoms with Crippen molar-refractivity contribution in [2.75, 3.05) is 13.8 Å². The van der Waals surface area contributed by atoms with Gasteiger partial charge >= 0.3 is 0 Å². The van der Waals surface area contributed by atoms with E-state index in [0.29, 0.717) is 23.4 Å². The van der Waals surface area contributed by atoms with Crippen molar-refractivity contribution in [1.29, 1.82) is 0 Å². The molecular weight excluding hydrogens is 320 g/mol. The third kappa shape index (κ3) is 2.82. The Balaban J connectivity index is 1.59. The van der Waals surface area contributed by atoms with Gasteiger partial charge in [-0.1, -0.05) is 24.3 Å². The molecule has 0 fully saturated rings. The molecule has 126 valence electrons. The maximum absolute atomic E-state index is 12.7. The van der Waals surface area contributed by atoms with Gasteiger partial charge in [0, 0.05) is 19.0 Å². The highest BCUT2D eigenvalue weighted by Gasteiger charge is 2.17. The lowest BCUT2D eigenvalue weighted by Gasteiger charge is -2.17. The third-order valence-electron chi connectivity index (χ3n) is 4.19. The van der Waals surface area contributed by atoms with Crippen LogP contribution in [0.2, 0.25) is 0 Å². The Bertz CT molecular complexity index is 1030. The fourth-order valence-corrected chi connectivity index (χ4v) is 2.92. The normalized spacial score (nSPS) is 12.4. The van der Waals surface area contributed by atoms with Gasteiger partial charge in [-0.3, -0.25) is 9.59 Å². The second-order valence-electron chi connectivity index (χ2n) is 5.95. The maximum Gasteiger partial charge on any atom is 0.270 e. The number of ether oxygens (including phenoxy) is 2. The van der Waals surface area contributed by atoms with Gasteiger partial charge in [0.05, 0.1) is 0 Å². The van der Waals surface area contributed by atoms with E-state index in [-0.39, 0.29) is 24.0 Å². The molecule has 1 aromatic heterocycles. The molecule has 0 saturated heterocycles. The van der Waals surface area contributed by atoms with Crippen molar-refractivity contribution in [2.45, 2.75) is 6.54 Å². The molecule has 25 heavy (non-hydrogen) atoms. The number of nitrogens with one attached hydrogen (secondary N) is 1. The lowest BCUT2D eigenvalue weighted by Crippen LogP contribution is -2.28. The summed E-state index contributed by atoms with van der Waals surface area (Å²) >= 11 is 0. The molecule has 1 N–H and O–H groups in total. The first kappa shape index (κ1) is 15.3. The van der Waals surface area contributed by atoms with E-state index >= 15 is 0 Å². The molecule has 4 rings (SSSR count). The number of pyridine rings is 1. The number of carbonyl (C=O) groups excluding carboxylic acids is 1. The van der Waals surface area contributed by atoms with Crippen molar-refractivity contribution >= 4 is 16.7 Å². The van der Waals surface area contributed by atoms with Gasteiger partial charge in [0.1, 0.15) is 5.69 Å². The van der Waals surface area contributed by atoms with E-state index in [1.807, 2.05) is 30.3 Å². The van der Waals surface area contributed by atoms with Crippen molar-refractivity contribution in [3.05, 3.63) is 70.1 Å². The first-order valence-corrected chi connectivity index (χ1v) is 7.88. The van der Waals surface area contributed by atoms with Crippen molar-refractivity contribution < 1.29 is 14.3 Å². The van der Waals surface area contributed by atoms with E-state index in [4.69, 9.17) is 9.47 Å². The Hall–Kier alpha value is -3.28. The Labute approximate surface area is 143 Å². The number of rotatable bonds is 3. The highest BCUT2D eigenvalue weighted by Crippen LogP contribution is 2.32. The fourth-order valence-electron chi connectivity index (χ4n) is 2.92. The van der Waals surface area contributed by atoms with E-state index < -0.39 is 0 Å². The molecule has 1 aliphatic rings. The molecule has 6 nitrogen and oxygen atoms in total. The predicted molar refractivity (Wildman–Crippen MR) is 92.9 cm³/mol. The van der Waals surface area contributed by atoms with Crippen molar-refractivity contribution in [1.82, 2.24) is 9.88 Å². The van der Waals surface area contributed by atoms with Gasteiger partial charge in [-0.05, 0) is 35.2 Å². The largest absolute Gasteiger partial charge is 0.454 e. The number of fused-ring (bicyclic) bond motifs is 2. The molecule has 0 atom stereocenters. The number of aromatic amines is 1. The zero-order valence-corrected chi connectivity index (χ0v) is 13.6. The van der Waals surface area contributed by atoms with E-state index in [1.165, 1.54) is 0 Å². The lowest BCUT2D eigenvalue weighted by atomic mass is 10.1. The number of hydrogen-bond donors (Lipinski definition) is 1. The van der Waals surface area contributed by atoms with Gasteiger partial charge in [-0.25, -0.2) is 0 Å². The lowest BCUT2D eigenvalue weighted by molar-refractivity contribution is 0.0779. The van der Waals surface area contributed by atoms with E-state index in [1.54, 1.807) is 30.1 Å². The van der Waals surface area contributed by atoms with Crippen LogP contribution in [0.5, 0.6) is 11.5 Å². The van der Waals surface area contributed by atoms with E-state index in [0.717, 1.165) is 10.9 Å². The Kier molecular flexibility index (Phi) is 3.65. The van der Waals surface area contributed by atoms with Crippen molar-refractivity contribution in [3.8, 4) is 11.5 Å². The quantitative estimate of drug-likeness (QED) is 0.798. The van der Waals surface area contributed by atoms with E-state index in [9.17, 15) is 9.59 Å². The van der Waals surface area contributed by atoms with Crippen molar-refractivity contribution in [2.24, 2.45) is 0 Å². The van der Waals surface area contributed by atoms with Crippen LogP contribution in [-0.2, 0) is 6.54 Å². The summed E-state index contributed by atoms with van der Waals surface area (Å²) in [5.41, 5.74) is 0.924. The van der Waals surface area contributed by atoms with Crippen LogP contribution >= 0.6 is 0 Å². The van der Waals surface area contributed by atoms with Gasteiger partial charge in [0.2, 0.25) is 6.79 Å². The first-order valence-electron chi connectivity index (χ1n) is 7.88. The van der Waals surface area contributed by atoms with Crippen LogP contribution in [0.1, 0.15) is 16.1 Å². The number of benzene rings is 2. The predicted octanol–water partition coefficient (Wildman–Crippen LogP) is 2.53. The Morgan fingerprint density at radius 3 is 2.80 bits per heavy atom. The minimum Gasteiger partial charge on any atom is -0.454 e. The molecule has 3 aromatic rings. The van der Waals surface area contributed by atoms with Crippen LogP contribution in [-0.4, -0.2) is 29.6 Å². The number of amides is 1. The number of H-pyrrole nitrogens is 1. The van der Waals surface area contributed by atoms with Crippen LogP contribution in [0.25, 0.3) is 10.8 Å². The molecule has 2 aromatic carbocycles. The highest BCUT2D eigenvalue weighted by molar-refractivity contribution is 5.96. The molecule has 1 amide bonds. The molecule has 0 aliphatic carbocycles. The zero-order chi connectivity index (χ0) is 17.4. The second kappa shape index (κ2) is 5.98. The molecule has 0 bridgehead atoms. The molecule has 1 aliphatic heterocycles. The van der Waals surface area contributed by atoms with Crippen LogP contribution in [0, 0.1) is 0 Å². The second-order valence-corrected chi connectivity index (χ2v) is 5.95. The van der Waals surface area contributed by atoms with Crippen LogP contribution < -0.4 is 15.0 Å². The van der Waals surface area contributed by atoms with Gasteiger partial charge in [0.25, 0.3) is 11.5 Å². The fraction of sp³-hybridized carbons (Fsp3) is 0.158. The summed E-state index contributed by atoms with van der Waals surface area (Å²) < 4.78 is 10.6. The van der Waals surface area contributed by atoms with E-state index in [2.05, 4.69) is 4.98 Å². The summed E-state index contributed by atoms with van der Waals surface area (Å²) in [7, 11) is 1.69. The average Bonchev–Trinajstić information content (AvgIpc) is 3.08. The van der Waals surface area contributed by atoms with Crippen LogP contribution in [0.4, 0.5) is 0 Å². The molecule has 0 radical (unpaired) electrons. The number of nitrogens with zero attached hydrogens (tertiary/aromatic N) is 1. The number of carbonyl (C=O) groups is 1. The van der Waals surface area contributed by atoms with Crippen LogP contribution in [0.15, 0.2) is 53.3 Å². The zero-order valence-electron chi connectivity index (χ0n) is 13.6. The van der Waals surface area contributed by atoms with Gasteiger partial charge in [0.15, 0.2) is 11.5 Å². The summed E-state index contributed by atoms with van der Waals surface area (Å²) in [5, 5.41) is 1.31. The van der Waals surface area contributed by atoms with Crippen LogP contribution in [0.3, 0.4) is 0 Å². The SMILES string of the molecule is CN(Cc1ccc2c(c1)OCO2)C(=O)c1cc2ccccc2c(=O)[nH]1. The summed E-state index contributed by atoms with van der Waals surface area (Å²) in [5.74, 6) is 1.13.